The van der Waals surface area contributed by atoms with Gasteiger partial charge in [-0.15, -0.1) is 0 Å². The number of rotatable bonds is 1. The Morgan fingerprint density at radius 1 is 1.30 bits per heavy atom. The van der Waals surface area contributed by atoms with Crippen LogP contribution in [-0.4, -0.2) is 25.3 Å². The largest absolute Gasteiger partial charge is 0.374 e. The SMILES string of the molecule is CN[C@H]1CC[C@H](C)OC1C. The number of hydrogen-bond donors (Lipinski definition) is 1. The number of nitrogens with one attached hydrogen (secondary N) is 1. The second-order valence-corrected chi connectivity index (χ2v) is 3.12. The van der Waals surface area contributed by atoms with Crippen molar-refractivity contribution in [3.63, 3.8) is 0 Å². The zero-order valence-electron chi connectivity index (χ0n) is 7.05. The van der Waals surface area contributed by atoms with Gasteiger partial charge < -0.3 is 10.1 Å². The lowest BCUT2D eigenvalue weighted by molar-refractivity contribution is -0.0478. The Bertz CT molecular complexity index is 105. The average molecular weight is 143 g/mol. The van der Waals surface area contributed by atoms with E-state index >= 15 is 0 Å². The maximum absolute atomic E-state index is 5.63. The molecular formula is C8H17NO. The van der Waals surface area contributed by atoms with Crippen LogP contribution in [0, 0.1) is 0 Å². The summed E-state index contributed by atoms with van der Waals surface area (Å²) in [6.45, 7) is 4.28. The van der Waals surface area contributed by atoms with Gasteiger partial charge in [0.2, 0.25) is 0 Å². The van der Waals surface area contributed by atoms with E-state index < -0.39 is 0 Å². The summed E-state index contributed by atoms with van der Waals surface area (Å²) in [5.41, 5.74) is 0. The molecule has 0 aromatic heterocycles. The molecule has 60 valence electrons. The molecule has 2 heteroatoms. The quantitative estimate of drug-likeness (QED) is 0.594. The molecule has 0 spiro atoms. The minimum Gasteiger partial charge on any atom is -0.374 e. The lowest BCUT2D eigenvalue weighted by atomic mass is 10.0. The standard InChI is InChI=1S/C8H17NO/c1-6-4-5-8(9-3)7(2)10-6/h6-9H,4-5H2,1-3H3/t6-,7?,8-/m0/s1. The predicted molar refractivity (Wildman–Crippen MR) is 42.1 cm³/mol. The highest BCUT2D eigenvalue weighted by atomic mass is 16.5. The van der Waals surface area contributed by atoms with Crippen LogP contribution in [0.15, 0.2) is 0 Å². The molecule has 1 rings (SSSR count). The van der Waals surface area contributed by atoms with E-state index in [4.69, 9.17) is 4.74 Å². The molecule has 0 bridgehead atoms. The summed E-state index contributed by atoms with van der Waals surface area (Å²) in [6.07, 6.45) is 3.28. The van der Waals surface area contributed by atoms with Crippen molar-refractivity contribution in [2.75, 3.05) is 7.05 Å². The molecule has 0 saturated carbocycles. The minimum absolute atomic E-state index is 0.383. The van der Waals surface area contributed by atoms with Crippen molar-refractivity contribution in [2.24, 2.45) is 0 Å². The number of hydrogen-bond acceptors (Lipinski definition) is 2. The molecule has 0 aliphatic carbocycles. The zero-order chi connectivity index (χ0) is 7.56. The second kappa shape index (κ2) is 3.35. The van der Waals surface area contributed by atoms with Crippen molar-refractivity contribution in [1.82, 2.24) is 5.32 Å². The summed E-state index contributed by atoms with van der Waals surface area (Å²) >= 11 is 0. The molecule has 1 fully saturated rings. The topological polar surface area (TPSA) is 21.3 Å². The van der Waals surface area contributed by atoms with Crippen LogP contribution < -0.4 is 5.32 Å². The van der Waals surface area contributed by atoms with E-state index in [1.165, 1.54) is 12.8 Å². The fraction of sp³-hybridized carbons (Fsp3) is 1.00. The molecule has 0 radical (unpaired) electrons. The molecular weight excluding hydrogens is 126 g/mol. The normalized spacial score (nSPS) is 41.7. The summed E-state index contributed by atoms with van der Waals surface area (Å²) in [4.78, 5) is 0. The maximum atomic E-state index is 5.63. The van der Waals surface area contributed by atoms with E-state index in [0.29, 0.717) is 18.2 Å². The van der Waals surface area contributed by atoms with E-state index in [1.54, 1.807) is 0 Å². The third-order valence-corrected chi connectivity index (χ3v) is 2.27. The van der Waals surface area contributed by atoms with Gasteiger partial charge in [-0.2, -0.15) is 0 Å². The Morgan fingerprint density at radius 2 is 2.00 bits per heavy atom. The fourth-order valence-electron chi connectivity index (χ4n) is 1.56. The van der Waals surface area contributed by atoms with Crippen molar-refractivity contribution in [3.8, 4) is 0 Å². The smallest absolute Gasteiger partial charge is 0.0703 e. The van der Waals surface area contributed by atoms with Gasteiger partial charge in [0.25, 0.3) is 0 Å². The van der Waals surface area contributed by atoms with Crippen LogP contribution in [0.25, 0.3) is 0 Å². The molecule has 10 heavy (non-hydrogen) atoms. The van der Waals surface area contributed by atoms with Crippen LogP contribution in [0.2, 0.25) is 0 Å². The van der Waals surface area contributed by atoms with Crippen molar-refractivity contribution in [2.45, 2.75) is 44.9 Å². The molecule has 1 aliphatic heterocycles. The van der Waals surface area contributed by atoms with Crippen LogP contribution in [-0.2, 0) is 4.74 Å². The summed E-state index contributed by atoms with van der Waals surface area (Å²) in [7, 11) is 2.00. The van der Waals surface area contributed by atoms with Crippen LogP contribution in [0.1, 0.15) is 26.7 Å². The third-order valence-electron chi connectivity index (χ3n) is 2.27. The number of ether oxygens (including phenoxy) is 1. The molecule has 0 amide bonds. The van der Waals surface area contributed by atoms with Crippen molar-refractivity contribution < 1.29 is 4.74 Å². The zero-order valence-corrected chi connectivity index (χ0v) is 7.05. The first-order valence-corrected chi connectivity index (χ1v) is 4.06. The van der Waals surface area contributed by atoms with Gasteiger partial charge in [0.05, 0.1) is 12.2 Å². The van der Waals surface area contributed by atoms with E-state index in [1.807, 2.05) is 7.05 Å². The minimum atomic E-state index is 0.383. The van der Waals surface area contributed by atoms with Gasteiger partial charge in [-0.05, 0) is 33.7 Å². The fourth-order valence-corrected chi connectivity index (χ4v) is 1.56. The third kappa shape index (κ3) is 1.70. The van der Waals surface area contributed by atoms with Gasteiger partial charge in [-0.25, -0.2) is 0 Å². The molecule has 1 heterocycles. The monoisotopic (exact) mass is 143 g/mol. The van der Waals surface area contributed by atoms with Gasteiger partial charge in [-0.3, -0.25) is 0 Å². The molecule has 1 saturated heterocycles. The Morgan fingerprint density at radius 3 is 2.50 bits per heavy atom. The van der Waals surface area contributed by atoms with Gasteiger partial charge in [0, 0.05) is 6.04 Å². The van der Waals surface area contributed by atoms with Crippen LogP contribution >= 0.6 is 0 Å². The summed E-state index contributed by atoms with van der Waals surface area (Å²) in [6, 6.07) is 0.566. The molecule has 3 atom stereocenters. The Balaban J connectivity index is 2.36. The summed E-state index contributed by atoms with van der Waals surface area (Å²) in [5.74, 6) is 0. The van der Waals surface area contributed by atoms with Gasteiger partial charge in [-0.1, -0.05) is 0 Å². The lowest BCUT2D eigenvalue weighted by Crippen LogP contribution is -2.43. The predicted octanol–water partition coefficient (Wildman–Crippen LogP) is 1.16. The highest BCUT2D eigenvalue weighted by Gasteiger charge is 2.23. The molecule has 1 unspecified atom stereocenters. The van der Waals surface area contributed by atoms with E-state index in [9.17, 15) is 0 Å². The van der Waals surface area contributed by atoms with Gasteiger partial charge in [0.1, 0.15) is 0 Å². The van der Waals surface area contributed by atoms with Crippen molar-refractivity contribution in [1.29, 1.82) is 0 Å². The van der Waals surface area contributed by atoms with E-state index in [2.05, 4.69) is 19.2 Å². The van der Waals surface area contributed by atoms with Crippen molar-refractivity contribution >= 4 is 0 Å². The molecule has 0 aromatic rings. The Hall–Kier alpha value is -0.0800. The maximum Gasteiger partial charge on any atom is 0.0703 e. The average Bonchev–Trinajstić information content (AvgIpc) is 1.88. The Kier molecular flexibility index (Phi) is 2.69. The first-order valence-electron chi connectivity index (χ1n) is 4.06. The van der Waals surface area contributed by atoms with Crippen LogP contribution in [0.3, 0.4) is 0 Å². The summed E-state index contributed by atoms with van der Waals surface area (Å²) in [5, 5.41) is 3.25. The number of likely N-dealkylation sites (N-methyl/N-ethyl adjacent to an activating group) is 1. The summed E-state index contributed by atoms with van der Waals surface area (Å²) < 4.78 is 5.63. The van der Waals surface area contributed by atoms with E-state index in [-0.39, 0.29) is 0 Å². The highest BCUT2D eigenvalue weighted by Crippen LogP contribution is 2.18. The molecule has 1 aliphatic rings. The second-order valence-electron chi connectivity index (χ2n) is 3.12. The lowest BCUT2D eigenvalue weighted by Gasteiger charge is -2.32. The van der Waals surface area contributed by atoms with Crippen LogP contribution in [0.5, 0.6) is 0 Å². The van der Waals surface area contributed by atoms with Crippen molar-refractivity contribution in [3.05, 3.63) is 0 Å². The van der Waals surface area contributed by atoms with Gasteiger partial charge in [0.15, 0.2) is 0 Å². The highest BCUT2D eigenvalue weighted by molar-refractivity contribution is 4.78. The first kappa shape index (κ1) is 8.02. The van der Waals surface area contributed by atoms with Gasteiger partial charge >= 0.3 is 0 Å². The molecule has 0 aromatic carbocycles. The Labute approximate surface area is 63.0 Å². The van der Waals surface area contributed by atoms with E-state index in [0.717, 1.165) is 0 Å². The molecule has 1 N–H and O–H groups in total. The van der Waals surface area contributed by atoms with Crippen LogP contribution in [0.4, 0.5) is 0 Å². The first-order chi connectivity index (χ1) is 4.74. The molecule has 2 nitrogen and oxygen atoms in total.